The molecule has 0 spiro atoms. The van der Waals surface area contributed by atoms with Crippen LogP contribution in [0.15, 0.2) is 42.5 Å². The van der Waals surface area contributed by atoms with Crippen molar-refractivity contribution in [3.63, 3.8) is 0 Å². The fourth-order valence-corrected chi connectivity index (χ4v) is 3.32. The second-order valence-electron chi connectivity index (χ2n) is 6.36. The van der Waals surface area contributed by atoms with E-state index in [0.29, 0.717) is 29.3 Å². The summed E-state index contributed by atoms with van der Waals surface area (Å²) in [7, 11) is 3.19. The van der Waals surface area contributed by atoms with E-state index < -0.39 is 6.10 Å². The van der Waals surface area contributed by atoms with E-state index >= 15 is 0 Å². The van der Waals surface area contributed by atoms with Gasteiger partial charge in [0.05, 0.1) is 26.0 Å². The number of hydrogen-bond donors (Lipinski definition) is 1. The molecular weight excluding hydrogens is 335 g/mol. The number of ether oxygens (including phenoxy) is 2. The van der Waals surface area contributed by atoms with Gasteiger partial charge in [-0.1, -0.05) is 12.1 Å². The Balaban J connectivity index is 1.62. The highest BCUT2D eigenvalue weighted by Crippen LogP contribution is 2.30. The molecule has 0 amide bonds. The number of para-hydroxylation sites is 1. The van der Waals surface area contributed by atoms with E-state index in [9.17, 15) is 9.50 Å². The van der Waals surface area contributed by atoms with Crippen molar-refractivity contribution in [2.24, 2.45) is 0 Å². The van der Waals surface area contributed by atoms with E-state index in [2.05, 4.69) is 4.90 Å². The lowest BCUT2D eigenvalue weighted by Gasteiger charge is -2.37. The molecule has 3 rings (SSSR count). The number of anilines is 1. The van der Waals surface area contributed by atoms with Crippen molar-refractivity contribution < 1.29 is 19.0 Å². The van der Waals surface area contributed by atoms with E-state index in [0.717, 1.165) is 26.2 Å². The van der Waals surface area contributed by atoms with Gasteiger partial charge >= 0.3 is 0 Å². The molecule has 1 aliphatic rings. The minimum absolute atomic E-state index is 0.192. The van der Waals surface area contributed by atoms with Crippen LogP contribution in [-0.2, 0) is 0 Å². The highest BCUT2D eigenvalue weighted by Gasteiger charge is 2.23. The number of aliphatic hydroxyl groups excluding tert-OH is 1. The average molecular weight is 360 g/mol. The van der Waals surface area contributed by atoms with E-state index in [4.69, 9.17) is 9.47 Å². The maximum absolute atomic E-state index is 13.9. The summed E-state index contributed by atoms with van der Waals surface area (Å²) < 4.78 is 24.5. The molecule has 1 N–H and O–H groups in total. The van der Waals surface area contributed by atoms with Gasteiger partial charge in [0.25, 0.3) is 0 Å². The number of benzene rings is 2. The molecule has 0 saturated carbocycles. The molecule has 1 heterocycles. The Kier molecular flexibility index (Phi) is 5.96. The largest absolute Gasteiger partial charge is 0.497 e. The third kappa shape index (κ3) is 4.08. The third-order valence-electron chi connectivity index (χ3n) is 4.79. The van der Waals surface area contributed by atoms with Gasteiger partial charge in [-0.05, 0) is 30.3 Å². The molecule has 140 valence electrons. The summed E-state index contributed by atoms with van der Waals surface area (Å²) in [6, 6.07) is 12.3. The molecule has 1 saturated heterocycles. The molecule has 6 heteroatoms. The van der Waals surface area contributed by atoms with Crippen molar-refractivity contribution in [2.75, 3.05) is 51.8 Å². The van der Waals surface area contributed by atoms with E-state index in [1.54, 1.807) is 38.5 Å². The Morgan fingerprint density at radius 3 is 2.42 bits per heavy atom. The van der Waals surface area contributed by atoms with Crippen LogP contribution in [0.2, 0.25) is 0 Å². The molecule has 5 nitrogen and oxygen atoms in total. The van der Waals surface area contributed by atoms with Crippen LogP contribution >= 0.6 is 0 Å². The lowest BCUT2D eigenvalue weighted by molar-refractivity contribution is 0.107. The Hall–Kier alpha value is -2.31. The zero-order valence-corrected chi connectivity index (χ0v) is 15.2. The average Bonchev–Trinajstić information content (AvgIpc) is 2.68. The maximum Gasteiger partial charge on any atom is 0.146 e. The van der Waals surface area contributed by atoms with Crippen LogP contribution in [0.1, 0.15) is 11.7 Å². The van der Waals surface area contributed by atoms with Gasteiger partial charge in [-0.3, -0.25) is 4.90 Å². The molecule has 2 aromatic carbocycles. The predicted molar refractivity (Wildman–Crippen MR) is 99.6 cm³/mol. The van der Waals surface area contributed by atoms with Crippen LogP contribution in [0.4, 0.5) is 10.1 Å². The van der Waals surface area contributed by atoms with Gasteiger partial charge in [-0.15, -0.1) is 0 Å². The SMILES string of the molecule is COc1ccc(OC)c(C(O)CN2CCN(c3ccccc3F)CC2)c1. The zero-order valence-electron chi connectivity index (χ0n) is 15.2. The Morgan fingerprint density at radius 2 is 1.77 bits per heavy atom. The number of rotatable bonds is 6. The fraction of sp³-hybridized carbons (Fsp3) is 0.400. The second-order valence-corrected chi connectivity index (χ2v) is 6.36. The number of piperazine rings is 1. The quantitative estimate of drug-likeness (QED) is 0.858. The van der Waals surface area contributed by atoms with Crippen molar-refractivity contribution in [1.29, 1.82) is 0 Å². The second kappa shape index (κ2) is 8.38. The van der Waals surface area contributed by atoms with Crippen molar-refractivity contribution in [1.82, 2.24) is 4.90 Å². The Labute approximate surface area is 153 Å². The van der Waals surface area contributed by atoms with Gasteiger partial charge in [-0.2, -0.15) is 0 Å². The van der Waals surface area contributed by atoms with Crippen LogP contribution in [0, 0.1) is 5.82 Å². The number of methoxy groups -OCH3 is 2. The topological polar surface area (TPSA) is 45.2 Å². The monoisotopic (exact) mass is 360 g/mol. The summed E-state index contributed by atoms with van der Waals surface area (Å²) in [5.41, 5.74) is 1.35. The lowest BCUT2D eigenvalue weighted by Crippen LogP contribution is -2.47. The zero-order chi connectivity index (χ0) is 18.5. The molecule has 2 aromatic rings. The first-order valence-corrected chi connectivity index (χ1v) is 8.74. The third-order valence-corrected chi connectivity index (χ3v) is 4.79. The first kappa shape index (κ1) is 18.5. The van der Waals surface area contributed by atoms with Crippen molar-refractivity contribution in [2.45, 2.75) is 6.10 Å². The minimum atomic E-state index is -0.680. The molecule has 0 aliphatic carbocycles. The Morgan fingerprint density at radius 1 is 1.04 bits per heavy atom. The normalized spacial score (nSPS) is 16.4. The van der Waals surface area contributed by atoms with Crippen molar-refractivity contribution >= 4 is 5.69 Å². The molecule has 1 fully saturated rings. The van der Waals surface area contributed by atoms with E-state index in [1.807, 2.05) is 17.0 Å². The van der Waals surface area contributed by atoms with E-state index in [-0.39, 0.29) is 5.82 Å². The number of hydrogen-bond acceptors (Lipinski definition) is 5. The van der Waals surface area contributed by atoms with Gasteiger partial charge < -0.3 is 19.5 Å². The highest BCUT2D eigenvalue weighted by molar-refractivity contribution is 5.48. The van der Waals surface area contributed by atoms with Crippen molar-refractivity contribution in [3.05, 3.63) is 53.8 Å². The standard InChI is InChI=1S/C20H25FN2O3/c1-25-15-7-8-20(26-2)16(13-15)19(24)14-22-9-11-23(12-10-22)18-6-4-3-5-17(18)21/h3-8,13,19,24H,9-12,14H2,1-2H3. The number of halogens is 1. The van der Waals surface area contributed by atoms with Crippen LogP contribution in [0.5, 0.6) is 11.5 Å². The number of aliphatic hydroxyl groups is 1. The predicted octanol–water partition coefficient (Wildman–Crippen LogP) is 2.70. The van der Waals surface area contributed by atoms with Crippen LogP contribution in [-0.4, -0.2) is 56.9 Å². The summed E-state index contributed by atoms with van der Waals surface area (Å²) in [6.07, 6.45) is -0.680. The summed E-state index contributed by atoms with van der Waals surface area (Å²) in [5, 5.41) is 10.7. The van der Waals surface area contributed by atoms with Crippen LogP contribution in [0.3, 0.4) is 0 Å². The molecule has 1 atom stereocenters. The fourth-order valence-electron chi connectivity index (χ4n) is 3.32. The van der Waals surface area contributed by atoms with E-state index in [1.165, 1.54) is 6.07 Å². The maximum atomic E-state index is 13.9. The molecule has 26 heavy (non-hydrogen) atoms. The summed E-state index contributed by atoms with van der Waals surface area (Å²) in [4.78, 5) is 4.23. The summed E-state index contributed by atoms with van der Waals surface area (Å²) in [5.74, 6) is 1.13. The summed E-state index contributed by atoms with van der Waals surface area (Å²) >= 11 is 0. The smallest absolute Gasteiger partial charge is 0.146 e. The van der Waals surface area contributed by atoms with Gasteiger partial charge in [0.1, 0.15) is 17.3 Å². The molecule has 1 aliphatic heterocycles. The minimum Gasteiger partial charge on any atom is -0.497 e. The highest BCUT2D eigenvalue weighted by atomic mass is 19.1. The summed E-state index contributed by atoms with van der Waals surface area (Å²) in [6.45, 7) is 3.47. The molecule has 0 aromatic heterocycles. The van der Waals surface area contributed by atoms with Crippen LogP contribution in [0.25, 0.3) is 0 Å². The van der Waals surface area contributed by atoms with Crippen molar-refractivity contribution in [3.8, 4) is 11.5 Å². The van der Waals surface area contributed by atoms with Crippen LogP contribution < -0.4 is 14.4 Å². The molecule has 1 unspecified atom stereocenters. The van der Waals surface area contributed by atoms with Gasteiger partial charge in [-0.25, -0.2) is 4.39 Å². The molecular formula is C20H25FN2O3. The van der Waals surface area contributed by atoms with Gasteiger partial charge in [0.2, 0.25) is 0 Å². The number of nitrogens with zero attached hydrogens (tertiary/aromatic N) is 2. The number of β-amino-alcohol motifs (C(OH)–C–C–N with tert-alkyl or cyclic N) is 1. The first-order valence-electron chi connectivity index (χ1n) is 8.74. The lowest BCUT2D eigenvalue weighted by atomic mass is 10.1. The molecule has 0 radical (unpaired) electrons. The van der Waals surface area contributed by atoms with Gasteiger partial charge in [0, 0.05) is 38.3 Å². The Bertz CT molecular complexity index is 733. The first-order chi connectivity index (χ1) is 12.6. The van der Waals surface area contributed by atoms with Gasteiger partial charge in [0.15, 0.2) is 0 Å². The molecule has 0 bridgehead atoms.